The summed E-state index contributed by atoms with van der Waals surface area (Å²) >= 11 is 0.311. The summed E-state index contributed by atoms with van der Waals surface area (Å²) in [6.07, 6.45) is -5.03. The van der Waals surface area contributed by atoms with Crippen LogP contribution in [0, 0.1) is 5.82 Å². The highest BCUT2D eigenvalue weighted by molar-refractivity contribution is 7.18. The molecular formula is C23H19F4N3O3S. The third-order valence-electron chi connectivity index (χ3n) is 5.11. The number of anilines is 1. The Morgan fingerprint density at radius 2 is 1.59 bits per heavy atom. The van der Waals surface area contributed by atoms with E-state index in [1.165, 1.54) is 13.8 Å². The van der Waals surface area contributed by atoms with Crippen molar-refractivity contribution in [2.45, 2.75) is 32.0 Å². The number of hydrogen-bond donors (Lipinski definition) is 1. The number of aromatic nitrogens is 1. The van der Waals surface area contributed by atoms with E-state index < -0.39 is 57.3 Å². The Morgan fingerprint density at radius 1 is 1.00 bits per heavy atom. The Bertz CT molecular complexity index is 1210. The van der Waals surface area contributed by atoms with E-state index in [1.807, 2.05) is 0 Å². The summed E-state index contributed by atoms with van der Waals surface area (Å²) in [6, 6.07) is 11.0. The first-order valence-corrected chi connectivity index (χ1v) is 10.8. The molecule has 1 aromatic heterocycles. The molecule has 2 unspecified atom stereocenters. The quantitative estimate of drug-likeness (QED) is 0.386. The Labute approximate surface area is 196 Å². The number of nitrogens with two attached hydrogens (primary N) is 1. The standard InChI is InChI=1S/C23H19F4N3O3S/c1-12(14-6-4-3-5-7-14)21(33)30(13(2)20(28)32)22-29-19(23(25,26)27)18(34-22)17(31)15-8-10-16(24)11-9-15/h3-13H,1-2H3,(H2,28,32). The van der Waals surface area contributed by atoms with E-state index in [2.05, 4.69) is 4.98 Å². The van der Waals surface area contributed by atoms with Crippen LogP contribution in [0.2, 0.25) is 0 Å². The summed E-state index contributed by atoms with van der Waals surface area (Å²) in [5, 5.41) is -0.503. The number of thiazole rings is 1. The minimum absolute atomic E-state index is 0.194. The van der Waals surface area contributed by atoms with Crippen LogP contribution >= 0.6 is 11.3 Å². The average molecular weight is 493 g/mol. The number of rotatable bonds is 7. The molecule has 3 rings (SSSR count). The zero-order valence-electron chi connectivity index (χ0n) is 18.0. The molecule has 2 atom stereocenters. The van der Waals surface area contributed by atoms with E-state index >= 15 is 0 Å². The van der Waals surface area contributed by atoms with Crippen LogP contribution in [-0.2, 0) is 15.8 Å². The van der Waals surface area contributed by atoms with Gasteiger partial charge in [0, 0.05) is 5.56 Å². The van der Waals surface area contributed by atoms with Crippen molar-refractivity contribution in [1.82, 2.24) is 4.98 Å². The molecule has 2 N–H and O–H groups in total. The number of ketones is 1. The zero-order valence-corrected chi connectivity index (χ0v) is 18.8. The van der Waals surface area contributed by atoms with E-state index in [-0.39, 0.29) is 5.56 Å². The first kappa shape index (κ1) is 25.0. The Balaban J connectivity index is 2.12. The zero-order chi connectivity index (χ0) is 25.2. The van der Waals surface area contributed by atoms with Gasteiger partial charge >= 0.3 is 6.18 Å². The second-order valence-corrected chi connectivity index (χ2v) is 8.40. The van der Waals surface area contributed by atoms with Crippen molar-refractivity contribution in [2.24, 2.45) is 5.73 Å². The van der Waals surface area contributed by atoms with Crippen molar-refractivity contribution in [3.05, 3.63) is 82.1 Å². The number of benzene rings is 2. The summed E-state index contributed by atoms with van der Waals surface area (Å²) in [6.45, 7) is 2.79. The van der Waals surface area contributed by atoms with Crippen molar-refractivity contribution in [2.75, 3.05) is 4.90 Å². The maximum absolute atomic E-state index is 13.8. The molecule has 178 valence electrons. The first-order valence-electron chi connectivity index (χ1n) is 9.97. The van der Waals surface area contributed by atoms with E-state index in [9.17, 15) is 31.9 Å². The molecule has 0 aliphatic heterocycles. The number of nitrogens with zero attached hydrogens (tertiary/aromatic N) is 2. The van der Waals surface area contributed by atoms with Gasteiger partial charge in [0.05, 0.1) is 5.92 Å². The number of primary amides is 1. The highest BCUT2D eigenvalue weighted by Crippen LogP contribution is 2.39. The molecule has 0 spiro atoms. The smallest absolute Gasteiger partial charge is 0.368 e. The predicted molar refractivity (Wildman–Crippen MR) is 118 cm³/mol. The third-order valence-corrected chi connectivity index (χ3v) is 6.16. The maximum atomic E-state index is 13.8. The lowest BCUT2D eigenvalue weighted by atomic mass is 9.99. The summed E-state index contributed by atoms with van der Waals surface area (Å²) in [4.78, 5) is 41.6. The minimum atomic E-state index is -5.03. The van der Waals surface area contributed by atoms with Crippen molar-refractivity contribution >= 4 is 34.1 Å². The van der Waals surface area contributed by atoms with Gasteiger partial charge in [-0.3, -0.25) is 19.3 Å². The average Bonchev–Trinajstić information content (AvgIpc) is 3.24. The molecule has 34 heavy (non-hydrogen) atoms. The molecule has 3 aromatic rings. The van der Waals surface area contributed by atoms with Crippen molar-refractivity contribution in [3.63, 3.8) is 0 Å². The van der Waals surface area contributed by atoms with Crippen LogP contribution in [0.5, 0.6) is 0 Å². The van der Waals surface area contributed by atoms with Gasteiger partial charge in [-0.25, -0.2) is 9.37 Å². The van der Waals surface area contributed by atoms with E-state index in [1.54, 1.807) is 30.3 Å². The fourth-order valence-electron chi connectivity index (χ4n) is 3.16. The number of carbonyl (C=O) groups is 3. The van der Waals surface area contributed by atoms with Crippen LogP contribution in [0.25, 0.3) is 0 Å². The normalized spacial score (nSPS) is 13.2. The summed E-state index contributed by atoms with van der Waals surface area (Å²) in [7, 11) is 0. The van der Waals surface area contributed by atoms with Gasteiger partial charge in [-0.2, -0.15) is 13.2 Å². The number of carbonyl (C=O) groups excluding carboxylic acids is 3. The van der Waals surface area contributed by atoms with Crippen LogP contribution < -0.4 is 10.6 Å². The first-order chi connectivity index (χ1) is 15.9. The lowest BCUT2D eigenvalue weighted by Gasteiger charge is -2.27. The molecule has 0 fully saturated rings. The van der Waals surface area contributed by atoms with Gasteiger partial charge in [0.2, 0.25) is 17.6 Å². The van der Waals surface area contributed by atoms with Gasteiger partial charge < -0.3 is 5.73 Å². The number of alkyl halides is 3. The highest BCUT2D eigenvalue weighted by Gasteiger charge is 2.42. The largest absolute Gasteiger partial charge is 0.435 e. The van der Waals surface area contributed by atoms with Gasteiger partial charge in [0.25, 0.3) is 0 Å². The molecule has 0 saturated heterocycles. The Hall–Kier alpha value is -3.60. The topological polar surface area (TPSA) is 93.4 Å². The fourth-order valence-corrected chi connectivity index (χ4v) is 4.30. The Morgan fingerprint density at radius 3 is 2.12 bits per heavy atom. The molecule has 0 radical (unpaired) electrons. The number of hydrogen-bond acceptors (Lipinski definition) is 5. The van der Waals surface area contributed by atoms with Crippen LogP contribution in [0.15, 0.2) is 54.6 Å². The van der Waals surface area contributed by atoms with Crippen LogP contribution in [-0.4, -0.2) is 28.6 Å². The summed E-state index contributed by atoms with van der Waals surface area (Å²) in [5.41, 5.74) is 4.22. The van der Waals surface area contributed by atoms with Crippen LogP contribution in [0.3, 0.4) is 0 Å². The predicted octanol–water partition coefficient (Wildman–Crippen LogP) is 4.54. The highest BCUT2D eigenvalue weighted by atomic mass is 32.1. The van der Waals surface area contributed by atoms with Gasteiger partial charge in [0.15, 0.2) is 10.8 Å². The molecular weight excluding hydrogens is 474 g/mol. The molecule has 11 heteroatoms. The van der Waals surface area contributed by atoms with Gasteiger partial charge in [0.1, 0.15) is 16.7 Å². The van der Waals surface area contributed by atoms with Crippen molar-refractivity contribution in [1.29, 1.82) is 0 Å². The van der Waals surface area contributed by atoms with Gasteiger partial charge in [-0.1, -0.05) is 41.7 Å². The Kier molecular flexibility index (Phi) is 7.15. The monoisotopic (exact) mass is 493 g/mol. The lowest BCUT2D eigenvalue weighted by Crippen LogP contribution is -2.48. The number of halogens is 4. The van der Waals surface area contributed by atoms with Crippen molar-refractivity contribution in [3.8, 4) is 0 Å². The minimum Gasteiger partial charge on any atom is -0.368 e. The van der Waals surface area contributed by atoms with Crippen LogP contribution in [0.1, 0.15) is 46.3 Å². The second-order valence-electron chi connectivity index (χ2n) is 7.43. The van der Waals surface area contributed by atoms with E-state index in [0.29, 0.717) is 16.9 Å². The van der Waals surface area contributed by atoms with Crippen LogP contribution in [0.4, 0.5) is 22.7 Å². The third kappa shape index (κ3) is 5.14. The summed E-state index contributed by atoms with van der Waals surface area (Å²) in [5.74, 6) is -4.26. The summed E-state index contributed by atoms with van der Waals surface area (Å²) < 4.78 is 54.6. The fraction of sp³-hybridized carbons (Fsp3) is 0.217. The van der Waals surface area contributed by atoms with Crippen molar-refractivity contribution < 1.29 is 31.9 Å². The molecule has 2 amide bonds. The molecule has 0 aliphatic rings. The molecule has 0 saturated carbocycles. The molecule has 2 aromatic carbocycles. The number of amides is 2. The second kappa shape index (κ2) is 9.72. The molecule has 6 nitrogen and oxygen atoms in total. The lowest BCUT2D eigenvalue weighted by molar-refractivity contribution is -0.141. The SMILES string of the molecule is CC(C(=O)N(c1nc(C(F)(F)F)c(C(=O)c2ccc(F)cc2)s1)C(C)C(N)=O)c1ccccc1. The molecule has 0 aliphatic carbocycles. The maximum Gasteiger partial charge on any atom is 0.435 e. The van der Waals surface area contributed by atoms with E-state index in [4.69, 9.17) is 5.73 Å². The van der Waals surface area contributed by atoms with Gasteiger partial charge in [-0.15, -0.1) is 0 Å². The van der Waals surface area contributed by atoms with E-state index in [0.717, 1.165) is 29.2 Å². The molecule has 1 heterocycles. The molecule has 0 bridgehead atoms. The van der Waals surface area contributed by atoms with Gasteiger partial charge in [-0.05, 0) is 43.7 Å².